The predicted octanol–water partition coefficient (Wildman–Crippen LogP) is 12.5. The van der Waals surface area contributed by atoms with E-state index in [0.717, 1.165) is 27.8 Å². The molecule has 8 rings (SSSR count). The van der Waals surface area contributed by atoms with Crippen LogP contribution in [0.25, 0.3) is 33.2 Å². The van der Waals surface area contributed by atoms with E-state index in [1.165, 1.54) is 33.4 Å². The fourth-order valence-corrected chi connectivity index (χ4v) is 8.89. The molecule has 0 N–H and O–H groups in total. The first-order valence-corrected chi connectivity index (χ1v) is 24.6. The van der Waals surface area contributed by atoms with Crippen molar-refractivity contribution in [3.05, 3.63) is 210 Å². The number of carbonyl (C=O) groups excluding carboxylic acids is 2. The minimum absolute atomic E-state index is 0.0639. The quantitative estimate of drug-likeness (QED) is 0.0792. The number of para-hydroxylation sites is 3. The van der Waals surface area contributed by atoms with E-state index in [0.29, 0.717) is 81.9 Å². The maximum atomic E-state index is 13.6. The van der Waals surface area contributed by atoms with E-state index in [1.807, 2.05) is 82.3 Å². The third kappa shape index (κ3) is 12.6. The Morgan fingerprint density at radius 2 is 0.877 bits per heavy atom. The lowest BCUT2D eigenvalue weighted by atomic mass is 10.1. The minimum atomic E-state index is -4.44. The molecule has 0 radical (unpaired) electrons. The summed E-state index contributed by atoms with van der Waals surface area (Å²) in [5.41, 5.74) is 1.30. The van der Waals surface area contributed by atoms with Gasteiger partial charge < -0.3 is 9.80 Å². The predicted molar refractivity (Wildman–Crippen MR) is 279 cm³/mol. The number of aromatic nitrogens is 4. The molecule has 0 unspecified atom stereocenters. The van der Waals surface area contributed by atoms with Crippen molar-refractivity contribution in [2.75, 3.05) is 13.1 Å². The third-order valence-electron chi connectivity index (χ3n) is 12.2. The molecule has 0 bridgehead atoms. The van der Waals surface area contributed by atoms with Crippen LogP contribution in [0, 0.1) is 3.57 Å². The monoisotopic (exact) mass is 1110 g/mol. The average molecular weight is 1110 g/mol. The van der Waals surface area contributed by atoms with Crippen LogP contribution in [0.1, 0.15) is 86.5 Å². The Kier molecular flexibility index (Phi) is 17.0. The number of halogens is 7. The van der Waals surface area contributed by atoms with Gasteiger partial charge in [0, 0.05) is 16.7 Å². The van der Waals surface area contributed by atoms with E-state index in [-0.39, 0.29) is 35.8 Å². The summed E-state index contributed by atoms with van der Waals surface area (Å²) >= 11 is 2.19. The number of alkyl halides is 6. The molecule has 0 saturated carbocycles. The highest BCUT2D eigenvalue weighted by molar-refractivity contribution is 14.1. The average Bonchev–Trinajstić information content (AvgIpc) is 3.37. The lowest BCUT2D eigenvalue weighted by Gasteiger charge is -2.30. The van der Waals surface area contributed by atoms with Gasteiger partial charge in [0.25, 0.3) is 11.1 Å². The zero-order chi connectivity index (χ0) is 52.6. The Bertz CT molecular complexity index is 3330. The standard InChI is InChI=1S/C28H25F3IN3O2.C28H26F3N3O2/c1-3-16-34(25(36)17-19-8-10-20(11-9-19)28(29,30)31)18(2)26-33-24-7-5-4-6-23(24)27(37)35(26)22-14-12-21(32)13-15-22;1-3-17-33(25(35)18-20-13-15-21(16-14-20)28(29,30)31)19(2)26-32-24-12-8-7-11-23(24)27(36)34(26)22-9-5-4-6-10-22/h4-15,18H,3,16-17H2,1-2H3;4-16,19H,3,17-18H2,1-2H3/t18-;19-/m11/s1. The van der Waals surface area contributed by atoms with Crippen LogP contribution >= 0.6 is 22.6 Å². The molecular weight excluding hydrogens is 1060 g/mol. The van der Waals surface area contributed by atoms with Gasteiger partial charge in [0.05, 0.1) is 69.2 Å². The smallest absolute Gasteiger partial charge is 0.332 e. The highest BCUT2D eigenvalue weighted by Crippen LogP contribution is 2.32. The third-order valence-corrected chi connectivity index (χ3v) is 12.9. The highest BCUT2D eigenvalue weighted by atomic mass is 127. The molecule has 378 valence electrons. The summed E-state index contributed by atoms with van der Waals surface area (Å²) in [7, 11) is 0. The van der Waals surface area contributed by atoms with Crippen molar-refractivity contribution in [2.24, 2.45) is 0 Å². The molecule has 0 aliphatic carbocycles. The summed E-state index contributed by atoms with van der Waals surface area (Å²) in [4.78, 5) is 66.8. The molecule has 0 spiro atoms. The second kappa shape index (κ2) is 23.2. The van der Waals surface area contributed by atoms with E-state index in [9.17, 15) is 45.5 Å². The van der Waals surface area contributed by atoms with Gasteiger partial charge in [-0.2, -0.15) is 26.3 Å². The van der Waals surface area contributed by atoms with E-state index >= 15 is 0 Å². The molecule has 10 nitrogen and oxygen atoms in total. The zero-order valence-corrected chi connectivity index (χ0v) is 42.5. The SMILES string of the molecule is CCCN(C(=O)Cc1ccc(C(F)(F)F)cc1)[C@H](C)c1nc2ccccc2c(=O)n1-c1ccc(I)cc1.CCCN(C(=O)Cc1ccc(C(F)(F)F)cc1)[C@H](C)c1nc2ccccc2c(=O)n1-c1ccccc1. The molecular formula is C56H51F6IN6O4. The van der Waals surface area contributed by atoms with Gasteiger partial charge in [0.2, 0.25) is 11.8 Å². The Balaban J connectivity index is 0.000000214. The molecule has 0 aliphatic heterocycles. The molecule has 0 aliphatic rings. The Hall–Kier alpha value is -7.15. The molecule has 6 aromatic carbocycles. The second-order valence-electron chi connectivity index (χ2n) is 17.3. The van der Waals surface area contributed by atoms with Gasteiger partial charge in [-0.15, -0.1) is 0 Å². The first-order valence-electron chi connectivity index (χ1n) is 23.6. The molecule has 2 heterocycles. The number of amides is 2. The van der Waals surface area contributed by atoms with Crippen molar-refractivity contribution < 1.29 is 35.9 Å². The van der Waals surface area contributed by atoms with Crippen LogP contribution in [0.3, 0.4) is 0 Å². The number of benzene rings is 6. The number of rotatable bonds is 14. The van der Waals surface area contributed by atoms with Gasteiger partial charge in [-0.05, 0) is 145 Å². The topological polar surface area (TPSA) is 110 Å². The van der Waals surface area contributed by atoms with E-state index in [4.69, 9.17) is 9.97 Å². The van der Waals surface area contributed by atoms with Crippen LogP contribution in [0.5, 0.6) is 0 Å². The fraction of sp³-hybridized carbons (Fsp3) is 0.250. The fourth-order valence-electron chi connectivity index (χ4n) is 8.53. The lowest BCUT2D eigenvalue weighted by molar-refractivity contribution is -0.138. The molecule has 8 aromatic rings. The zero-order valence-electron chi connectivity index (χ0n) is 40.3. The van der Waals surface area contributed by atoms with Gasteiger partial charge in [-0.25, -0.2) is 9.97 Å². The molecule has 17 heteroatoms. The van der Waals surface area contributed by atoms with Crippen molar-refractivity contribution in [1.29, 1.82) is 0 Å². The molecule has 2 aromatic heterocycles. The van der Waals surface area contributed by atoms with Gasteiger partial charge in [0.1, 0.15) is 11.6 Å². The number of hydrogen-bond donors (Lipinski definition) is 0. The van der Waals surface area contributed by atoms with Crippen LogP contribution in [-0.2, 0) is 34.8 Å². The molecule has 2 atom stereocenters. The summed E-state index contributed by atoms with van der Waals surface area (Å²) in [5, 5.41) is 0.936. The minimum Gasteiger partial charge on any atom is -0.332 e. The lowest BCUT2D eigenvalue weighted by Crippen LogP contribution is -2.38. The van der Waals surface area contributed by atoms with Crippen molar-refractivity contribution >= 4 is 56.2 Å². The summed E-state index contributed by atoms with van der Waals surface area (Å²) < 4.78 is 81.6. The number of fused-ring (bicyclic) bond motifs is 2. The first-order chi connectivity index (χ1) is 34.8. The largest absolute Gasteiger partial charge is 0.416 e. The number of nitrogens with zero attached hydrogens (tertiary/aromatic N) is 6. The van der Waals surface area contributed by atoms with Gasteiger partial charge in [-0.3, -0.25) is 28.3 Å². The Morgan fingerprint density at radius 3 is 1.25 bits per heavy atom. The summed E-state index contributed by atoms with van der Waals surface area (Å²) in [6.45, 7) is 8.30. The van der Waals surface area contributed by atoms with Gasteiger partial charge >= 0.3 is 12.4 Å². The van der Waals surface area contributed by atoms with Crippen molar-refractivity contribution in [1.82, 2.24) is 28.9 Å². The van der Waals surface area contributed by atoms with Crippen LogP contribution in [0.4, 0.5) is 26.3 Å². The van der Waals surface area contributed by atoms with E-state index in [2.05, 4.69) is 22.6 Å². The van der Waals surface area contributed by atoms with E-state index in [1.54, 1.807) is 58.3 Å². The molecule has 0 saturated heterocycles. The second-order valence-corrected chi connectivity index (χ2v) is 18.6. The van der Waals surface area contributed by atoms with Crippen molar-refractivity contribution in [2.45, 2.75) is 77.8 Å². The van der Waals surface area contributed by atoms with Gasteiger partial charge in [-0.1, -0.05) is 80.6 Å². The Morgan fingerprint density at radius 1 is 0.521 bits per heavy atom. The van der Waals surface area contributed by atoms with Crippen LogP contribution in [0.2, 0.25) is 0 Å². The van der Waals surface area contributed by atoms with Crippen LogP contribution < -0.4 is 11.1 Å². The molecule has 0 fully saturated rings. The molecule has 73 heavy (non-hydrogen) atoms. The number of hydrogen-bond acceptors (Lipinski definition) is 6. The van der Waals surface area contributed by atoms with Crippen LogP contribution in [-0.4, -0.2) is 53.8 Å². The summed E-state index contributed by atoms with van der Waals surface area (Å²) in [6.07, 6.45) is -7.69. The highest BCUT2D eigenvalue weighted by Gasteiger charge is 2.32. The van der Waals surface area contributed by atoms with Crippen molar-refractivity contribution in [3.63, 3.8) is 0 Å². The number of carbonyl (C=O) groups is 2. The summed E-state index contributed by atoms with van der Waals surface area (Å²) in [6, 6.07) is 38.8. The van der Waals surface area contributed by atoms with Crippen molar-refractivity contribution in [3.8, 4) is 11.4 Å². The van der Waals surface area contributed by atoms with Crippen LogP contribution in [0.15, 0.2) is 161 Å². The maximum Gasteiger partial charge on any atom is 0.416 e. The van der Waals surface area contributed by atoms with Gasteiger partial charge in [0.15, 0.2) is 0 Å². The normalized spacial score (nSPS) is 12.5. The molecule has 2 amide bonds. The van der Waals surface area contributed by atoms with E-state index < -0.39 is 35.6 Å². The summed E-state index contributed by atoms with van der Waals surface area (Å²) in [5.74, 6) is 0.315. The first kappa shape index (κ1) is 53.6. The maximum absolute atomic E-state index is 13.6. The Labute approximate surface area is 431 Å².